The Hall–Kier alpha value is -2.00. The zero-order valence-electron chi connectivity index (χ0n) is 24.7. The third kappa shape index (κ3) is 6.76. The van der Waals surface area contributed by atoms with E-state index in [1.807, 2.05) is 37.8 Å². The lowest BCUT2D eigenvalue weighted by atomic mass is 9.81. The van der Waals surface area contributed by atoms with Crippen molar-refractivity contribution in [3.63, 3.8) is 0 Å². The molecule has 9 heteroatoms. The molecule has 2 amide bonds. The van der Waals surface area contributed by atoms with E-state index >= 15 is 0 Å². The quantitative estimate of drug-likeness (QED) is 0.556. The molecule has 1 aromatic rings. The molecular formula is C29H48N4O4S. The van der Waals surface area contributed by atoms with Crippen LogP contribution >= 0.6 is 0 Å². The first-order chi connectivity index (χ1) is 17.4. The summed E-state index contributed by atoms with van der Waals surface area (Å²) in [4.78, 5) is 35.3. The number of sulfone groups is 1. The largest absolute Gasteiger partial charge is 0.339 e. The summed E-state index contributed by atoms with van der Waals surface area (Å²) in [6.45, 7) is 16.2. The summed E-state index contributed by atoms with van der Waals surface area (Å²) >= 11 is 0. The summed E-state index contributed by atoms with van der Waals surface area (Å²) in [6, 6.07) is 5.24. The SMILES string of the molecule is CC(C)N(C)[C@@H]1CC[C@H](N2CC[C@H](NC(=O)c3cccc(C(C)(C)C)n3)C2=O)[C@H](CS(=O)(=O)C(C)(C)C)C1. The third-order valence-electron chi connectivity index (χ3n) is 8.37. The van der Waals surface area contributed by atoms with Crippen molar-refractivity contribution in [2.24, 2.45) is 5.92 Å². The second kappa shape index (κ2) is 11.2. The van der Waals surface area contributed by atoms with Gasteiger partial charge in [-0.05, 0) is 85.4 Å². The van der Waals surface area contributed by atoms with Crippen LogP contribution in [0.1, 0.15) is 97.3 Å². The van der Waals surface area contributed by atoms with Gasteiger partial charge in [0.25, 0.3) is 5.91 Å². The Balaban J connectivity index is 1.77. The van der Waals surface area contributed by atoms with Crippen molar-refractivity contribution in [2.45, 2.75) is 115 Å². The molecule has 214 valence electrons. The van der Waals surface area contributed by atoms with Crippen LogP contribution in [0, 0.1) is 5.92 Å². The van der Waals surface area contributed by atoms with Gasteiger partial charge in [0.05, 0.1) is 10.5 Å². The summed E-state index contributed by atoms with van der Waals surface area (Å²) in [7, 11) is -1.27. The Morgan fingerprint density at radius 3 is 2.37 bits per heavy atom. The molecule has 0 spiro atoms. The van der Waals surface area contributed by atoms with Crippen LogP contribution in [0.5, 0.6) is 0 Å². The van der Waals surface area contributed by atoms with E-state index in [-0.39, 0.29) is 41.0 Å². The molecule has 1 saturated carbocycles. The lowest BCUT2D eigenvalue weighted by molar-refractivity contribution is -0.133. The van der Waals surface area contributed by atoms with Gasteiger partial charge in [0.15, 0.2) is 9.84 Å². The Labute approximate surface area is 229 Å². The van der Waals surface area contributed by atoms with Gasteiger partial charge in [-0.3, -0.25) is 9.59 Å². The van der Waals surface area contributed by atoms with Gasteiger partial charge in [-0.2, -0.15) is 0 Å². The molecule has 1 saturated heterocycles. The molecule has 0 radical (unpaired) electrons. The maximum atomic E-state index is 13.6. The van der Waals surface area contributed by atoms with Gasteiger partial charge in [0.2, 0.25) is 5.91 Å². The predicted octanol–water partition coefficient (Wildman–Crippen LogP) is 3.80. The predicted molar refractivity (Wildman–Crippen MR) is 152 cm³/mol. The number of pyridine rings is 1. The normalized spacial score (nSPS) is 25.3. The molecule has 1 N–H and O–H groups in total. The van der Waals surface area contributed by atoms with Crippen molar-refractivity contribution in [3.8, 4) is 0 Å². The molecule has 4 atom stereocenters. The number of nitrogens with zero attached hydrogens (tertiary/aromatic N) is 3. The van der Waals surface area contributed by atoms with E-state index in [1.54, 1.807) is 26.8 Å². The number of carbonyl (C=O) groups excluding carboxylic acids is 2. The van der Waals surface area contributed by atoms with Crippen LogP contribution in [-0.2, 0) is 20.0 Å². The van der Waals surface area contributed by atoms with Crippen molar-refractivity contribution < 1.29 is 18.0 Å². The number of rotatable bonds is 7. The summed E-state index contributed by atoms with van der Waals surface area (Å²) in [5.74, 6) is -0.564. The highest BCUT2D eigenvalue weighted by Crippen LogP contribution is 2.36. The highest BCUT2D eigenvalue weighted by Gasteiger charge is 2.45. The first kappa shape index (κ1) is 30.5. The highest BCUT2D eigenvalue weighted by atomic mass is 32.2. The Morgan fingerprint density at radius 1 is 1.13 bits per heavy atom. The lowest BCUT2D eigenvalue weighted by Gasteiger charge is -2.45. The number of carbonyl (C=O) groups is 2. The number of amides is 2. The molecule has 2 aliphatic rings. The first-order valence-corrected chi connectivity index (χ1v) is 15.6. The molecule has 8 nitrogen and oxygen atoms in total. The highest BCUT2D eigenvalue weighted by molar-refractivity contribution is 7.92. The number of aromatic nitrogens is 1. The maximum absolute atomic E-state index is 13.6. The molecule has 1 aliphatic heterocycles. The van der Waals surface area contributed by atoms with Crippen molar-refractivity contribution in [3.05, 3.63) is 29.6 Å². The van der Waals surface area contributed by atoms with E-state index in [0.717, 1.165) is 25.0 Å². The zero-order chi connectivity index (χ0) is 28.6. The van der Waals surface area contributed by atoms with Gasteiger partial charge in [0, 0.05) is 35.8 Å². The van der Waals surface area contributed by atoms with Crippen molar-refractivity contribution in [1.82, 2.24) is 20.1 Å². The maximum Gasteiger partial charge on any atom is 0.270 e. The second-order valence-corrected chi connectivity index (χ2v) is 16.2. The Bertz CT molecular complexity index is 1120. The molecule has 0 bridgehead atoms. The van der Waals surface area contributed by atoms with E-state index in [1.165, 1.54) is 0 Å². The zero-order valence-corrected chi connectivity index (χ0v) is 25.6. The third-order valence-corrected chi connectivity index (χ3v) is 11.1. The van der Waals surface area contributed by atoms with Gasteiger partial charge >= 0.3 is 0 Å². The van der Waals surface area contributed by atoms with Crippen molar-refractivity contribution >= 4 is 21.7 Å². The average molecular weight is 549 g/mol. The molecule has 1 aliphatic carbocycles. The minimum Gasteiger partial charge on any atom is -0.339 e. The fourth-order valence-corrected chi connectivity index (χ4v) is 6.93. The summed E-state index contributed by atoms with van der Waals surface area (Å²) in [6.07, 6.45) is 2.91. The topological polar surface area (TPSA) is 99.7 Å². The molecule has 38 heavy (non-hydrogen) atoms. The Kier molecular flexibility index (Phi) is 9.03. The fourth-order valence-electron chi connectivity index (χ4n) is 5.51. The summed E-state index contributed by atoms with van der Waals surface area (Å²) in [5.41, 5.74) is 0.923. The van der Waals surface area contributed by atoms with Gasteiger partial charge in [-0.15, -0.1) is 0 Å². The van der Waals surface area contributed by atoms with Gasteiger partial charge in [0.1, 0.15) is 11.7 Å². The van der Waals surface area contributed by atoms with Gasteiger partial charge in [-0.1, -0.05) is 26.8 Å². The molecule has 2 heterocycles. The molecular weight excluding hydrogens is 500 g/mol. The lowest BCUT2D eigenvalue weighted by Crippen LogP contribution is -2.53. The van der Waals surface area contributed by atoms with E-state index in [2.05, 4.69) is 36.1 Å². The van der Waals surface area contributed by atoms with E-state index in [4.69, 9.17) is 0 Å². The minimum absolute atomic E-state index is 0.0634. The van der Waals surface area contributed by atoms with Crippen LogP contribution in [0.2, 0.25) is 0 Å². The van der Waals surface area contributed by atoms with Crippen LogP contribution in [-0.4, -0.2) is 83.3 Å². The molecule has 2 fully saturated rings. The number of hydrogen-bond acceptors (Lipinski definition) is 6. The monoisotopic (exact) mass is 548 g/mol. The van der Waals surface area contributed by atoms with Gasteiger partial charge < -0.3 is 15.1 Å². The van der Waals surface area contributed by atoms with Crippen molar-refractivity contribution in [1.29, 1.82) is 0 Å². The molecule has 0 unspecified atom stereocenters. The first-order valence-electron chi connectivity index (χ1n) is 14.0. The van der Waals surface area contributed by atoms with Crippen LogP contribution < -0.4 is 5.32 Å². The van der Waals surface area contributed by atoms with E-state index in [9.17, 15) is 18.0 Å². The summed E-state index contributed by atoms with van der Waals surface area (Å²) < 4.78 is 25.7. The van der Waals surface area contributed by atoms with Crippen LogP contribution in [0.15, 0.2) is 18.2 Å². The number of likely N-dealkylation sites (tertiary alicyclic amines) is 1. The standard InChI is InChI=1S/C29H48N4O4S/c1-19(2)32(9)21-13-14-24(20(17-21)18-38(36,37)29(6,7)8)33-16-15-23(27(33)35)31-26(34)22-11-10-12-25(30-22)28(3,4)5/h10-12,19-21,23-24H,13-18H2,1-9H3,(H,31,34)/t20-,21+,23-,24-/m0/s1. The van der Waals surface area contributed by atoms with Crippen molar-refractivity contribution in [2.75, 3.05) is 19.3 Å². The van der Waals surface area contributed by atoms with Crippen LogP contribution in [0.3, 0.4) is 0 Å². The number of nitrogens with one attached hydrogen (secondary N) is 1. The second-order valence-electron chi connectivity index (χ2n) is 13.5. The van der Waals surface area contributed by atoms with Crippen LogP contribution in [0.4, 0.5) is 0 Å². The molecule has 1 aromatic heterocycles. The molecule has 3 rings (SSSR count). The fraction of sp³-hybridized carbons (Fsp3) is 0.759. The smallest absolute Gasteiger partial charge is 0.270 e. The Morgan fingerprint density at radius 2 is 1.79 bits per heavy atom. The van der Waals surface area contributed by atoms with E-state index < -0.39 is 20.6 Å². The average Bonchev–Trinajstić information content (AvgIpc) is 3.16. The number of hydrogen-bond donors (Lipinski definition) is 1. The summed E-state index contributed by atoms with van der Waals surface area (Å²) in [5, 5.41) is 2.90. The van der Waals surface area contributed by atoms with Gasteiger partial charge in [-0.25, -0.2) is 13.4 Å². The molecule has 0 aromatic carbocycles. The van der Waals surface area contributed by atoms with Crippen LogP contribution in [0.25, 0.3) is 0 Å². The minimum atomic E-state index is -3.37. The van der Waals surface area contributed by atoms with E-state index in [0.29, 0.717) is 24.7 Å².